The number of ether oxygens (including phenoxy) is 4. The number of hydrogen-bond acceptors (Lipinski definition) is 16. The number of esters is 2. The molecule has 2 atom stereocenters. The lowest BCUT2D eigenvalue weighted by Crippen LogP contribution is -2.37. The average Bonchev–Trinajstić information content (AvgIpc) is 3.45. The molecule has 6 aromatic rings. The smallest absolute Gasteiger partial charge is 0.328 e. The maximum atomic E-state index is 12.6. The van der Waals surface area contributed by atoms with E-state index in [1.165, 1.54) is 38.2 Å². The molecule has 404 valence electrons. The van der Waals surface area contributed by atoms with E-state index in [2.05, 4.69) is 75.9 Å². The number of fused-ring (bicyclic) bond motifs is 4. The predicted molar refractivity (Wildman–Crippen MR) is 304 cm³/mol. The number of nitrogens with one attached hydrogen (secondary N) is 3. The van der Waals surface area contributed by atoms with E-state index < -0.39 is 12.1 Å². The summed E-state index contributed by atoms with van der Waals surface area (Å²) in [6, 6.07) is 27.6. The van der Waals surface area contributed by atoms with Crippen molar-refractivity contribution < 1.29 is 28.5 Å². The van der Waals surface area contributed by atoms with Gasteiger partial charge in [0, 0.05) is 98.2 Å². The molecule has 0 unspecified atom stereocenters. The van der Waals surface area contributed by atoms with Crippen LogP contribution in [0.4, 0.5) is 17.3 Å². The molecule has 0 amide bonds. The Balaban J connectivity index is 0.000000208. The zero-order chi connectivity index (χ0) is 53.0. The summed E-state index contributed by atoms with van der Waals surface area (Å²) in [5, 5.41) is 12.4. The molecule has 17 heteroatoms. The van der Waals surface area contributed by atoms with Gasteiger partial charge in [0.2, 0.25) is 0 Å². The number of rotatable bonds is 26. The van der Waals surface area contributed by atoms with Crippen molar-refractivity contribution in [1.82, 2.24) is 29.7 Å². The number of unbranched alkanes of at least 4 members (excludes halogenated alkanes) is 2. The van der Waals surface area contributed by atoms with E-state index in [0.717, 1.165) is 159 Å². The molecular formula is C58H79BrN10O6. The third kappa shape index (κ3) is 19.4. The number of nitrogens with zero attached hydrogens (tertiary/aromatic N) is 6. The predicted octanol–water partition coefficient (Wildman–Crippen LogP) is 8.90. The minimum Gasteiger partial charge on any atom is -0.468 e. The van der Waals surface area contributed by atoms with Gasteiger partial charge >= 0.3 is 11.9 Å². The number of pyridine rings is 4. The minimum atomic E-state index is -0.563. The lowest BCUT2D eigenvalue weighted by Gasteiger charge is -2.25. The van der Waals surface area contributed by atoms with Gasteiger partial charge in [-0.1, -0.05) is 64.5 Å². The maximum absolute atomic E-state index is 12.6. The number of halogens is 1. The highest BCUT2D eigenvalue weighted by Crippen LogP contribution is 2.25. The zero-order valence-corrected chi connectivity index (χ0v) is 46.1. The number of para-hydroxylation sites is 2. The summed E-state index contributed by atoms with van der Waals surface area (Å²) in [4.78, 5) is 47.0. The summed E-state index contributed by atoms with van der Waals surface area (Å²) in [7, 11) is 6.24. The van der Waals surface area contributed by atoms with E-state index in [0.29, 0.717) is 26.1 Å². The van der Waals surface area contributed by atoms with Crippen LogP contribution in [0.1, 0.15) is 73.9 Å². The van der Waals surface area contributed by atoms with Gasteiger partial charge in [-0.15, -0.1) is 0 Å². The quantitative estimate of drug-likeness (QED) is 0.0297. The fourth-order valence-electron chi connectivity index (χ4n) is 9.17. The fourth-order valence-corrected chi connectivity index (χ4v) is 9.63. The molecule has 0 saturated heterocycles. The number of anilines is 3. The molecule has 6 heterocycles. The molecule has 0 bridgehead atoms. The van der Waals surface area contributed by atoms with Crippen LogP contribution in [0.15, 0.2) is 102 Å². The van der Waals surface area contributed by atoms with Crippen LogP contribution in [0, 0.1) is 0 Å². The Morgan fingerprint density at radius 2 is 1.15 bits per heavy atom. The third-order valence-electron chi connectivity index (χ3n) is 13.5. The van der Waals surface area contributed by atoms with Gasteiger partial charge in [-0.25, -0.2) is 14.8 Å². The first-order chi connectivity index (χ1) is 36.7. The number of nitrogens with two attached hydrogens (primary N) is 1. The lowest BCUT2D eigenvalue weighted by atomic mass is 10.1. The van der Waals surface area contributed by atoms with E-state index in [4.69, 9.17) is 34.6 Å². The summed E-state index contributed by atoms with van der Waals surface area (Å²) in [6.07, 6.45) is 15.6. The first-order valence-corrected chi connectivity index (χ1v) is 27.4. The normalized spacial score (nSPS) is 13.5. The van der Waals surface area contributed by atoms with Crippen molar-refractivity contribution >= 4 is 67.0 Å². The van der Waals surface area contributed by atoms with Gasteiger partial charge in [0.15, 0.2) is 0 Å². The molecule has 0 fully saturated rings. The molecule has 0 spiro atoms. The van der Waals surface area contributed by atoms with Crippen molar-refractivity contribution in [3.63, 3.8) is 0 Å². The Kier molecular flexibility index (Phi) is 25.4. The van der Waals surface area contributed by atoms with Gasteiger partial charge in [0.25, 0.3) is 0 Å². The average molecular weight is 1090 g/mol. The number of carbonyl (C=O) groups excluding carboxylic acids is 2. The van der Waals surface area contributed by atoms with Gasteiger partial charge in [0.05, 0.1) is 38.5 Å². The van der Waals surface area contributed by atoms with Crippen molar-refractivity contribution in [2.45, 2.75) is 89.1 Å². The van der Waals surface area contributed by atoms with E-state index in [-0.39, 0.29) is 11.9 Å². The van der Waals surface area contributed by atoms with Gasteiger partial charge in [-0.05, 0) is 138 Å². The van der Waals surface area contributed by atoms with Crippen molar-refractivity contribution in [3.8, 4) is 0 Å². The minimum absolute atomic E-state index is 0.264. The highest BCUT2D eigenvalue weighted by molar-refractivity contribution is 9.10. The second-order valence-corrected chi connectivity index (χ2v) is 19.7. The Morgan fingerprint density at radius 1 is 0.627 bits per heavy atom. The van der Waals surface area contributed by atoms with Crippen LogP contribution in [-0.2, 0) is 54.2 Å². The number of benzene rings is 2. The Bertz CT molecular complexity index is 2650. The first-order valence-electron chi connectivity index (χ1n) is 26.6. The van der Waals surface area contributed by atoms with Gasteiger partial charge in [0.1, 0.15) is 23.7 Å². The van der Waals surface area contributed by atoms with E-state index in [9.17, 15) is 9.59 Å². The van der Waals surface area contributed by atoms with Gasteiger partial charge in [-0.2, -0.15) is 0 Å². The van der Waals surface area contributed by atoms with E-state index in [1.54, 1.807) is 26.6 Å². The number of aromatic nitrogens is 4. The first kappa shape index (κ1) is 58.4. The molecule has 0 aliphatic carbocycles. The molecule has 0 saturated carbocycles. The Hall–Kier alpha value is -5.82. The molecule has 16 nitrogen and oxygen atoms in total. The number of methoxy groups -OCH3 is 4. The summed E-state index contributed by atoms with van der Waals surface area (Å²) in [6.45, 7) is 8.45. The van der Waals surface area contributed by atoms with Crippen molar-refractivity contribution in [2.24, 2.45) is 5.73 Å². The topological polar surface area (TPSA) is 191 Å². The third-order valence-corrected chi connectivity index (χ3v) is 14.2. The van der Waals surface area contributed by atoms with Crippen LogP contribution >= 0.6 is 15.9 Å². The summed E-state index contributed by atoms with van der Waals surface area (Å²) >= 11 is 3.46. The molecule has 2 aliphatic rings. The molecule has 75 heavy (non-hydrogen) atoms. The van der Waals surface area contributed by atoms with Crippen LogP contribution in [0.2, 0.25) is 0 Å². The van der Waals surface area contributed by atoms with Crippen LogP contribution in [-0.4, -0.2) is 148 Å². The second-order valence-electron chi connectivity index (χ2n) is 18.9. The number of carbonyl (C=O) groups is 2. The largest absolute Gasteiger partial charge is 0.468 e. The highest BCUT2D eigenvalue weighted by atomic mass is 79.9. The molecular weight excluding hydrogens is 1010 g/mol. The maximum Gasteiger partial charge on any atom is 0.328 e. The monoisotopic (exact) mass is 1090 g/mol. The van der Waals surface area contributed by atoms with Crippen LogP contribution < -0.4 is 21.7 Å². The SMILES string of the molecule is Brc1ccnc2ccccc12.COCCN(CCCCc1ccc2c(n1)NCCC2)CC[C@H](N)C(=O)OC.COCCN(CCCCc1ccc2c(n1)NCCC2)CC[C@H](Nc1ccnc2ccccc12)C(=O)OC. The lowest BCUT2D eigenvalue weighted by molar-refractivity contribution is -0.143. The molecule has 2 aromatic carbocycles. The number of aryl methyl sites for hydroxylation is 4. The molecule has 2 aliphatic heterocycles. The van der Waals surface area contributed by atoms with Crippen molar-refractivity contribution in [1.29, 1.82) is 0 Å². The fraction of sp³-hybridized carbons (Fsp3) is 0.483. The molecule has 4 aromatic heterocycles. The van der Waals surface area contributed by atoms with Crippen LogP contribution in [0.3, 0.4) is 0 Å². The van der Waals surface area contributed by atoms with Gasteiger partial charge < -0.3 is 50.4 Å². The van der Waals surface area contributed by atoms with E-state index in [1.807, 2.05) is 60.7 Å². The highest BCUT2D eigenvalue weighted by Gasteiger charge is 2.22. The summed E-state index contributed by atoms with van der Waals surface area (Å²) in [5.74, 6) is 1.51. The zero-order valence-electron chi connectivity index (χ0n) is 44.5. The summed E-state index contributed by atoms with van der Waals surface area (Å²) in [5.41, 5.74) is 13.6. The van der Waals surface area contributed by atoms with Gasteiger partial charge in [-0.3, -0.25) is 14.8 Å². The Morgan fingerprint density at radius 3 is 1.69 bits per heavy atom. The molecule has 8 rings (SSSR count). The number of hydrogen-bond donors (Lipinski definition) is 4. The Labute approximate surface area is 452 Å². The standard InChI is InChI=1S/C29H39N5O3.C20H34N4O3.C9H6BrN/c1-36-21-20-34(18-6-5-9-23-13-12-22-8-7-16-31-28(22)32-23)19-15-27(29(35)37-2)33-26-14-17-30-25-11-4-3-10-24(25)26;1-26-15-14-24(13-10-18(21)20(25)27-2)12-4-3-7-17-9-8-16-6-5-11-22-19(16)23-17;10-8-5-6-11-9-4-2-1-3-7(8)9/h3-4,10-14,17,27H,5-9,15-16,18-21H2,1-2H3,(H,30,33)(H,31,32);8-9,18H,3-7,10-15,21H2,1-2H3,(H,22,23);1-6H/t27-;18-;/m00./s1. The second kappa shape index (κ2) is 32.6. The molecule has 0 radical (unpaired) electrons. The van der Waals surface area contributed by atoms with Crippen LogP contribution in [0.25, 0.3) is 21.8 Å². The van der Waals surface area contributed by atoms with E-state index >= 15 is 0 Å². The van der Waals surface area contributed by atoms with Crippen LogP contribution in [0.5, 0.6) is 0 Å². The van der Waals surface area contributed by atoms with Crippen molar-refractivity contribution in [3.05, 3.63) is 124 Å². The molecule has 5 N–H and O–H groups in total. The summed E-state index contributed by atoms with van der Waals surface area (Å²) < 4.78 is 21.5. The van der Waals surface area contributed by atoms with Crippen molar-refractivity contribution in [2.75, 3.05) is 110 Å².